The maximum absolute atomic E-state index is 10.9. The highest BCUT2D eigenvalue weighted by Gasteiger charge is 2.06. The lowest BCUT2D eigenvalue weighted by molar-refractivity contribution is 0.0697. The molecule has 86 valence electrons. The van der Waals surface area contributed by atoms with Crippen LogP contribution in [-0.4, -0.2) is 16.1 Å². The molecule has 0 amide bonds. The summed E-state index contributed by atoms with van der Waals surface area (Å²) < 4.78 is 0. The third-order valence-corrected chi connectivity index (χ3v) is 2.41. The summed E-state index contributed by atoms with van der Waals surface area (Å²) in [6.45, 7) is 1.91. The van der Waals surface area contributed by atoms with E-state index in [2.05, 4.69) is 10.3 Å². The Morgan fingerprint density at radius 3 is 2.76 bits per heavy atom. The summed E-state index contributed by atoms with van der Waals surface area (Å²) in [6.07, 6.45) is 1.68. The Hall–Kier alpha value is -2.36. The Kier molecular flexibility index (Phi) is 3.05. The van der Waals surface area contributed by atoms with Gasteiger partial charge in [-0.3, -0.25) is 0 Å². The molecule has 0 bridgehead atoms. The second-order valence-corrected chi connectivity index (χ2v) is 3.67. The highest BCUT2D eigenvalue weighted by molar-refractivity contribution is 5.89. The number of benzene rings is 1. The van der Waals surface area contributed by atoms with E-state index >= 15 is 0 Å². The number of aromatic nitrogens is 1. The number of hydrogen-bond donors (Lipinski definition) is 2. The molecule has 0 radical (unpaired) electrons. The van der Waals surface area contributed by atoms with Gasteiger partial charge in [-0.15, -0.1) is 0 Å². The fraction of sp³-hybridized carbons (Fsp3) is 0.0769. The lowest BCUT2D eigenvalue weighted by atomic mass is 10.1. The molecule has 2 aromatic rings. The largest absolute Gasteiger partial charge is 0.478 e. The molecule has 0 fully saturated rings. The molecule has 0 aliphatic carbocycles. The molecule has 0 saturated carbocycles. The number of rotatable bonds is 3. The molecule has 0 aliphatic heterocycles. The Balaban J connectivity index is 2.32. The molecule has 17 heavy (non-hydrogen) atoms. The van der Waals surface area contributed by atoms with E-state index < -0.39 is 5.97 Å². The molecular weight excluding hydrogens is 216 g/mol. The first kappa shape index (κ1) is 11.1. The minimum Gasteiger partial charge on any atom is -0.478 e. The van der Waals surface area contributed by atoms with Gasteiger partial charge in [0.2, 0.25) is 0 Å². The van der Waals surface area contributed by atoms with E-state index in [1.807, 2.05) is 25.1 Å². The van der Waals surface area contributed by atoms with Gasteiger partial charge in [0, 0.05) is 11.9 Å². The molecule has 0 unspecified atom stereocenters. The predicted molar refractivity (Wildman–Crippen MR) is 65.7 cm³/mol. The fourth-order valence-electron chi connectivity index (χ4n) is 1.46. The molecule has 4 nitrogen and oxygen atoms in total. The molecule has 0 spiro atoms. The van der Waals surface area contributed by atoms with Gasteiger partial charge in [0.1, 0.15) is 5.82 Å². The second-order valence-electron chi connectivity index (χ2n) is 3.67. The summed E-state index contributed by atoms with van der Waals surface area (Å²) in [5.41, 5.74) is 1.98. The van der Waals surface area contributed by atoms with Crippen LogP contribution in [0.5, 0.6) is 0 Å². The fourth-order valence-corrected chi connectivity index (χ4v) is 1.46. The van der Waals surface area contributed by atoms with Crippen LogP contribution in [0.25, 0.3) is 0 Å². The van der Waals surface area contributed by atoms with Crippen LogP contribution in [-0.2, 0) is 0 Å². The summed E-state index contributed by atoms with van der Waals surface area (Å²) >= 11 is 0. The van der Waals surface area contributed by atoms with Crippen molar-refractivity contribution in [2.75, 3.05) is 5.32 Å². The summed E-state index contributed by atoms with van der Waals surface area (Å²) in [5, 5.41) is 12.0. The number of anilines is 2. The van der Waals surface area contributed by atoms with Crippen molar-refractivity contribution in [3.05, 3.63) is 53.7 Å². The zero-order valence-corrected chi connectivity index (χ0v) is 9.34. The van der Waals surface area contributed by atoms with Crippen LogP contribution in [0.3, 0.4) is 0 Å². The smallest absolute Gasteiger partial charge is 0.335 e. The molecule has 4 heteroatoms. The van der Waals surface area contributed by atoms with Gasteiger partial charge in [-0.25, -0.2) is 9.78 Å². The first-order valence-electron chi connectivity index (χ1n) is 5.19. The van der Waals surface area contributed by atoms with Crippen molar-refractivity contribution in [3.63, 3.8) is 0 Å². The van der Waals surface area contributed by atoms with Crippen molar-refractivity contribution in [3.8, 4) is 0 Å². The third-order valence-electron chi connectivity index (χ3n) is 2.41. The van der Waals surface area contributed by atoms with Crippen molar-refractivity contribution >= 4 is 17.5 Å². The van der Waals surface area contributed by atoms with Crippen LogP contribution in [0.2, 0.25) is 0 Å². The first-order chi connectivity index (χ1) is 8.16. The van der Waals surface area contributed by atoms with Gasteiger partial charge >= 0.3 is 5.97 Å². The SMILES string of the molecule is Cc1ccc(C(=O)O)cc1Nc1ccccn1. The standard InChI is InChI=1S/C13H12N2O2/c1-9-5-6-10(13(16)17)8-11(9)15-12-4-2-3-7-14-12/h2-8H,1H3,(H,14,15)(H,16,17). The molecule has 2 N–H and O–H groups in total. The zero-order valence-electron chi connectivity index (χ0n) is 9.34. The van der Waals surface area contributed by atoms with Crippen molar-refractivity contribution < 1.29 is 9.90 Å². The average Bonchev–Trinajstić information content (AvgIpc) is 2.33. The topological polar surface area (TPSA) is 62.2 Å². The van der Waals surface area contributed by atoms with Crippen LogP contribution in [0.15, 0.2) is 42.6 Å². The van der Waals surface area contributed by atoms with Gasteiger partial charge < -0.3 is 10.4 Å². The van der Waals surface area contributed by atoms with Crippen LogP contribution in [0, 0.1) is 6.92 Å². The van der Waals surface area contributed by atoms with E-state index in [0.29, 0.717) is 5.82 Å². The quantitative estimate of drug-likeness (QED) is 0.847. The Labute approximate surface area is 98.9 Å². The van der Waals surface area contributed by atoms with Crippen LogP contribution in [0.1, 0.15) is 15.9 Å². The number of carboxylic acid groups (broad SMARTS) is 1. The van der Waals surface area contributed by atoms with Crippen molar-refractivity contribution in [1.82, 2.24) is 4.98 Å². The van der Waals surface area contributed by atoms with Crippen LogP contribution >= 0.6 is 0 Å². The molecule has 1 aromatic heterocycles. The maximum Gasteiger partial charge on any atom is 0.335 e. The summed E-state index contributed by atoms with van der Waals surface area (Å²) in [4.78, 5) is 15.0. The Morgan fingerprint density at radius 1 is 1.29 bits per heavy atom. The molecular formula is C13H12N2O2. The molecule has 1 aromatic carbocycles. The van der Waals surface area contributed by atoms with Gasteiger partial charge in [0.25, 0.3) is 0 Å². The van der Waals surface area contributed by atoms with Gasteiger partial charge in [0.05, 0.1) is 5.56 Å². The van der Waals surface area contributed by atoms with Gasteiger partial charge in [-0.2, -0.15) is 0 Å². The number of nitrogens with one attached hydrogen (secondary N) is 1. The number of aryl methyl sites for hydroxylation is 1. The van der Waals surface area contributed by atoms with Crippen molar-refractivity contribution in [2.45, 2.75) is 6.92 Å². The van der Waals surface area contributed by atoms with E-state index in [4.69, 9.17) is 5.11 Å². The monoisotopic (exact) mass is 228 g/mol. The van der Waals surface area contributed by atoms with Gasteiger partial charge in [0.15, 0.2) is 0 Å². The summed E-state index contributed by atoms with van der Waals surface area (Å²) in [5.74, 6) is -0.243. The lowest BCUT2D eigenvalue weighted by Gasteiger charge is -2.09. The number of carbonyl (C=O) groups is 1. The minimum absolute atomic E-state index is 0.258. The number of aromatic carboxylic acids is 1. The average molecular weight is 228 g/mol. The first-order valence-corrected chi connectivity index (χ1v) is 5.19. The lowest BCUT2D eigenvalue weighted by Crippen LogP contribution is -2.00. The van der Waals surface area contributed by atoms with Crippen molar-refractivity contribution in [1.29, 1.82) is 0 Å². The highest BCUT2D eigenvalue weighted by Crippen LogP contribution is 2.20. The van der Waals surface area contributed by atoms with Crippen LogP contribution in [0.4, 0.5) is 11.5 Å². The number of pyridine rings is 1. The minimum atomic E-state index is -0.936. The van der Waals surface area contributed by atoms with Crippen LogP contribution < -0.4 is 5.32 Å². The third kappa shape index (κ3) is 2.60. The van der Waals surface area contributed by atoms with E-state index in [9.17, 15) is 4.79 Å². The molecule has 1 heterocycles. The molecule has 2 rings (SSSR count). The van der Waals surface area contributed by atoms with E-state index in [1.54, 1.807) is 24.4 Å². The number of hydrogen-bond acceptors (Lipinski definition) is 3. The summed E-state index contributed by atoms with van der Waals surface area (Å²) in [7, 11) is 0. The van der Waals surface area contributed by atoms with Crippen molar-refractivity contribution in [2.24, 2.45) is 0 Å². The maximum atomic E-state index is 10.9. The normalized spacial score (nSPS) is 9.94. The van der Waals surface area contributed by atoms with Gasteiger partial charge in [-0.1, -0.05) is 12.1 Å². The zero-order chi connectivity index (χ0) is 12.3. The second kappa shape index (κ2) is 4.65. The predicted octanol–water partition coefficient (Wildman–Crippen LogP) is 2.83. The van der Waals surface area contributed by atoms with E-state index in [-0.39, 0.29) is 5.56 Å². The molecule has 0 atom stereocenters. The highest BCUT2D eigenvalue weighted by atomic mass is 16.4. The molecule has 0 saturated heterocycles. The van der Waals surface area contributed by atoms with E-state index in [1.165, 1.54) is 0 Å². The number of carboxylic acids is 1. The Morgan fingerprint density at radius 2 is 2.12 bits per heavy atom. The molecule has 0 aliphatic rings. The summed E-state index contributed by atoms with van der Waals surface area (Å²) in [6, 6.07) is 10.5. The number of nitrogens with zero attached hydrogens (tertiary/aromatic N) is 1. The van der Waals surface area contributed by atoms with E-state index in [0.717, 1.165) is 11.3 Å². The Bertz CT molecular complexity index is 538. The van der Waals surface area contributed by atoms with Gasteiger partial charge in [-0.05, 0) is 36.8 Å².